The van der Waals surface area contributed by atoms with Gasteiger partial charge in [0.1, 0.15) is 5.82 Å². The molecule has 3 rings (SSSR count). The number of esters is 1. The van der Waals surface area contributed by atoms with Crippen molar-refractivity contribution < 1.29 is 28.4 Å². The average Bonchev–Trinajstić information content (AvgIpc) is 2.80. The van der Waals surface area contributed by atoms with Crippen LogP contribution in [0.2, 0.25) is 0 Å². The third kappa shape index (κ3) is 5.36. The molecule has 1 fully saturated rings. The molecule has 0 bridgehead atoms. The zero-order valence-corrected chi connectivity index (χ0v) is 17.2. The Labute approximate surface area is 182 Å². The summed E-state index contributed by atoms with van der Waals surface area (Å²) in [7, 11) is 0. The zero-order chi connectivity index (χ0) is 23.3. The average molecular weight is 444 g/mol. The number of halogens is 1. The molecule has 10 nitrogen and oxygen atoms in total. The van der Waals surface area contributed by atoms with E-state index in [1.165, 1.54) is 40.1 Å². The Balaban J connectivity index is 1.66. The lowest BCUT2D eigenvalue weighted by molar-refractivity contribution is -0.384. The van der Waals surface area contributed by atoms with Gasteiger partial charge in [-0.05, 0) is 37.3 Å². The van der Waals surface area contributed by atoms with Crippen LogP contribution in [0, 0.1) is 15.9 Å². The number of non-ortho nitro benzene ring substituents is 1. The molecule has 0 aromatic heterocycles. The summed E-state index contributed by atoms with van der Waals surface area (Å²) in [5.74, 6) is -1.66. The molecular weight excluding hydrogens is 423 g/mol. The van der Waals surface area contributed by atoms with Crippen LogP contribution in [0.5, 0.6) is 0 Å². The monoisotopic (exact) mass is 444 g/mol. The van der Waals surface area contributed by atoms with Crippen LogP contribution in [-0.2, 0) is 4.74 Å². The van der Waals surface area contributed by atoms with E-state index in [1.807, 2.05) is 0 Å². The van der Waals surface area contributed by atoms with Gasteiger partial charge in [0.25, 0.3) is 11.6 Å². The molecule has 1 aliphatic heterocycles. The molecule has 0 saturated carbocycles. The van der Waals surface area contributed by atoms with Gasteiger partial charge in [-0.25, -0.2) is 14.0 Å². The highest BCUT2D eigenvalue weighted by molar-refractivity contribution is 5.99. The van der Waals surface area contributed by atoms with Crippen LogP contribution >= 0.6 is 0 Å². The van der Waals surface area contributed by atoms with Gasteiger partial charge < -0.3 is 19.9 Å². The number of rotatable bonds is 5. The summed E-state index contributed by atoms with van der Waals surface area (Å²) in [6, 6.07) is 8.40. The van der Waals surface area contributed by atoms with Crippen molar-refractivity contribution in [2.75, 3.05) is 38.1 Å². The van der Waals surface area contributed by atoms with Crippen LogP contribution in [0.15, 0.2) is 42.5 Å². The van der Waals surface area contributed by atoms with Crippen LogP contribution in [-0.4, -0.2) is 65.4 Å². The van der Waals surface area contributed by atoms with E-state index in [1.54, 1.807) is 6.92 Å². The molecule has 2 aromatic carbocycles. The lowest BCUT2D eigenvalue weighted by atomic mass is 10.1. The topological polar surface area (TPSA) is 122 Å². The second-order valence-corrected chi connectivity index (χ2v) is 6.96. The molecule has 2 aromatic rings. The summed E-state index contributed by atoms with van der Waals surface area (Å²) in [5, 5.41) is 13.9. The van der Waals surface area contributed by atoms with Crippen molar-refractivity contribution in [3.05, 3.63) is 69.5 Å². The van der Waals surface area contributed by atoms with Gasteiger partial charge in [-0.3, -0.25) is 14.9 Å². The number of nitrogens with one attached hydrogen (secondary N) is 1. The van der Waals surface area contributed by atoms with Crippen LogP contribution in [0.25, 0.3) is 0 Å². The molecule has 32 heavy (non-hydrogen) atoms. The van der Waals surface area contributed by atoms with E-state index in [2.05, 4.69) is 5.32 Å². The number of nitro groups is 1. The number of benzene rings is 2. The van der Waals surface area contributed by atoms with Crippen LogP contribution in [0.3, 0.4) is 0 Å². The quantitative estimate of drug-likeness (QED) is 0.430. The molecule has 11 heteroatoms. The molecule has 1 aliphatic rings. The van der Waals surface area contributed by atoms with Crippen LogP contribution in [0.4, 0.5) is 20.6 Å². The highest BCUT2D eigenvalue weighted by Gasteiger charge is 2.27. The molecule has 0 unspecified atom stereocenters. The number of nitrogens with zero attached hydrogens (tertiary/aromatic N) is 3. The largest absolute Gasteiger partial charge is 0.462 e. The number of hydrogen-bond acceptors (Lipinski definition) is 6. The Kier molecular flexibility index (Phi) is 6.98. The number of amides is 3. The van der Waals surface area contributed by atoms with Gasteiger partial charge in [0, 0.05) is 49.6 Å². The van der Waals surface area contributed by atoms with Crippen molar-refractivity contribution in [1.29, 1.82) is 0 Å². The first-order valence-corrected chi connectivity index (χ1v) is 9.86. The molecule has 0 aliphatic carbocycles. The highest BCUT2D eigenvalue weighted by atomic mass is 19.1. The first kappa shape index (κ1) is 22.7. The summed E-state index contributed by atoms with van der Waals surface area (Å²) in [6.45, 7) is 2.57. The number of anilines is 1. The second kappa shape index (κ2) is 9.86. The fraction of sp³-hybridized carbons (Fsp3) is 0.286. The van der Waals surface area contributed by atoms with E-state index in [4.69, 9.17) is 4.74 Å². The van der Waals surface area contributed by atoms with E-state index in [-0.39, 0.29) is 49.9 Å². The summed E-state index contributed by atoms with van der Waals surface area (Å²) in [6.07, 6.45) is 0. The standard InChI is InChI=1S/C21H21FN4O6/c1-2-32-20(28)15-11-14(12-18(13-15)26(30)31)19(27)24-7-9-25(10-8-24)21(29)23-17-5-3-16(22)4-6-17/h3-6,11-13H,2,7-10H2,1H3,(H,23,29). The number of carbonyl (C=O) groups is 3. The first-order chi connectivity index (χ1) is 15.3. The van der Waals surface area contributed by atoms with Gasteiger partial charge >= 0.3 is 12.0 Å². The number of ether oxygens (including phenoxy) is 1. The van der Waals surface area contributed by atoms with Crippen molar-refractivity contribution in [1.82, 2.24) is 9.80 Å². The Hall–Kier alpha value is -4.02. The maximum atomic E-state index is 13.0. The minimum absolute atomic E-state index is 0.00790. The van der Waals surface area contributed by atoms with E-state index in [9.17, 15) is 28.9 Å². The SMILES string of the molecule is CCOC(=O)c1cc(C(=O)N2CCN(C(=O)Nc3ccc(F)cc3)CC2)cc([N+](=O)[O-])c1. The van der Waals surface area contributed by atoms with Gasteiger partial charge in [-0.2, -0.15) is 0 Å². The molecular formula is C21H21FN4O6. The predicted molar refractivity (Wildman–Crippen MR) is 112 cm³/mol. The Morgan fingerprint density at radius 3 is 2.22 bits per heavy atom. The fourth-order valence-corrected chi connectivity index (χ4v) is 3.20. The molecule has 1 saturated heterocycles. The first-order valence-electron chi connectivity index (χ1n) is 9.86. The minimum atomic E-state index is -0.757. The molecule has 0 spiro atoms. The van der Waals surface area contributed by atoms with Gasteiger partial charge in [0.15, 0.2) is 0 Å². The summed E-state index contributed by atoms with van der Waals surface area (Å²) in [4.78, 5) is 50.8. The highest BCUT2D eigenvalue weighted by Crippen LogP contribution is 2.20. The summed E-state index contributed by atoms with van der Waals surface area (Å²) in [5.41, 5.74) is -0.0395. The van der Waals surface area contributed by atoms with Gasteiger partial charge in [-0.1, -0.05) is 0 Å². The molecule has 1 heterocycles. The minimum Gasteiger partial charge on any atom is -0.462 e. The third-order valence-electron chi connectivity index (χ3n) is 4.84. The van der Waals surface area contributed by atoms with Crippen molar-refractivity contribution in [3.8, 4) is 0 Å². The van der Waals surface area contributed by atoms with Crippen molar-refractivity contribution in [3.63, 3.8) is 0 Å². The number of carbonyl (C=O) groups excluding carboxylic acids is 3. The number of hydrogen-bond donors (Lipinski definition) is 1. The maximum absolute atomic E-state index is 13.0. The predicted octanol–water partition coefficient (Wildman–Crippen LogP) is 2.90. The Bertz CT molecular complexity index is 1040. The normalized spacial score (nSPS) is 13.4. The van der Waals surface area contributed by atoms with E-state index >= 15 is 0 Å². The van der Waals surface area contributed by atoms with Crippen LogP contribution < -0.4 is 5.32 Å². The maximum Gasteiger partial charge on any atom is 0.338 e. The number of nitro benzene ring substituents is 1. The second-order valence-electron chi connectivity index (χ2n) is 6.96. The summed E-state index contributed by atoms with van der Waals surface area (Å²) >= 11 is 0. The van der Waals surface area contributed by atoms with E-state index < -0.39 is 28.3 Å². The van der Waals surface area contributed by atoms with Crippen molar-refractivity contribution >= 4 is 29.3 Å². The number of urea groups is 1. The summed E-state index contributed by atoms with van der Waals surface area (Å²) < 4.78 is 17.9. The molecule has 0 radical (unpaired) electrons. The third-order valence-corrected chi connectivity index (χ3v) is 4.84. The Morgan fingerprint density at radius 1 is 1.03 bits per heavy atom. The lowest BCUT2D eigenvalue weighted by Crippen LogP contribution is -2.51. The molecule has 0 atom stereocenters. The van der Waals surface area contributed by atoms with Gasteiger partial charge in [0.2, 0.25) is 0 Å². The van der Waals surface area contributed by atoms with E-state index in [0.29, 0.717) is 5.69 Å². The van der Waals surface area contributed by atoms with E-state index in [0.717, 1.165) is 12.1 Å². The van der Waals surface area contributed by atoms with Gasteiger partial charge in [-0.15, -0.1) is 0 Å². The van der Waals surface area contributed by atoms with Crippen LogP contribution in [0.1, 0.15) is 27.6 Å². The fourth-order valence-electron chi connectivity index (χ4n) is 3.20. The van der Waals surface area contributed by atoms with Gasteiger partial charge in [0.05, 0.1) is 17.1 Å². The van der Waals surface area contributed by atoms with Crippen molar-refractivity contribution in [2.24, 2.45) is 0 Å². The zero-order valence-electron chi connectivity index (χ0n) is 17.2. The smallest absolute Gasteiger partial charge is 0.338 e. The molecule has 3 amide bonds. The molecule has 1 N–H and O–H groups in total. The Morgan fingerprint density at radius 2 is 1.62 bits per heavy atom. The molecule has 168 valence electrons. The lowest BCUT2D eigenvalue weighted by Gasteiger charge is -2.34. The number of piperazine rings is 1. The van der Waals surface area contributed by atoms with Crippen molar-refractivity contribution in [2.45, 2.75) is 6.92 Å².